The Balaban J connectivity index is 0.00000108. The summed E-state index contributed by atoms with van der Waals surface area (Å²) in [4.78, 5) is 11.1. The topological polar surface area (TPSA) is 61.4 Å². The highest BCUT2D eigenvalue weighted by atomic mass is 35.5. The Labute approximate surface area is 106 Å². The van der Waals surface area contributed by atoms with Crippen LogP contribution in [-0.2, 0) is 4.79 Å². The van der Waals surface area contributed by atoms with E-state index in [0.29, 0.717) is 5.92 Å². The number of hydrogen-bond donors (Lipinski definition) is 3. The highest BCUT2D eigenvalue weighted by Gasteiger charge is 2.42. The van der Waals surface area contributed by atoms with Gasteiger partial charge in [-0.1, -0.05) is 18.2 Å². The molecule has 0 radical (unpaired) electrons. The molecule has 0 spiro atoms. The monoisotopic (exact) mass is 254 g/mol. The molecule has 0 aliphatic carbocycles. The van der Waals surface area contributed by atoms with Crippen LogP contribution >= 0.6 is 12.4 Å². The van der Waals surface area contributed by atoms with Gasteiger partial charge in [0.25, 0.3) is 0 Å². The fourth-order valence-electron chi connectivity index (χ4n) is 2.84. The molecule has 0 aromatic heterocycles. The number of carboxylic acid groups (broad SMARTS) is 1. The minimum Gasteiger partial charge on any atom is -0.480 e. The van der Waals surface area contributed by atoms with Crippen LogP contribution < -0.4 is 10.6 Å². The second-order valence-corrected chi connectivity index (χ2v) is 4.42. The fraction of sp³-hybridized carbons (Fsp3) is 0.417. The third-order valence-corrected chi connectivity index (χ3v) is 3.56. The van der Waals surface area contributed by atoms with Crippen LogP contribution in [-0.4, -0.2) is 29.7 Å². The number of aliphatic carboxylic acids is 1. The summed E-state index contributed by atoms with van der Waals surface area (Å²) in [5, 5.41) is 15.5. The molecule has 0 amide bonds. The van der Waals surface area contributed by atoms with Crippen LogP contribution in [0.25, 0.3) is 0 Å². The lowest BCUT2D eigenvalue weighted by Gasteiger charge is -2.32. The maximum absolute atomic E-state index is 11.1. The van der Waals surface area contributed by atoms with E-state index in [4.69, 9.17) is 5.11 Å². The molecule has 1 fully saturated rings. The SMILES string of the molecule is Cl.O=C(O)C1NCCC2c3ccccc3NC12. The van der Waals surface area contributed by atoms with E-state index in [1.165, 1.54) is 5.56 Å². The number of benzene rings is 1. The lowest BCUT2D eigenvalue weighted by Crippen LogP contribution is -2.54. The van der Waals surface area contributed by atoms with E-state index in [1.54, 1.807) is 0 Å². The second kappa shape index (κ2) is 4.55. The van der Waals surface area contributed by atoms with E-state index in [0.717, 1.165) is 18.7 Å². The zero-order valence-corrected chi connectivity index (χ0v) is 10.0. The number of fused-ring (bicyclic) bond motifs is 3. The quantitative estimate of drug-likeness (QED) is 0.710. The number of piperidine rings is 1. The Bertz CT molecular complexity index is 438. The largest absolute Gasteiger partial charge is 0.480 e. The van der Waals surface area contributed by atoms with Gasteiger partial charge in [0.15, 0.2) is 0 Å². The molecule has 0 bridgehead atoms. The lowest BCUT2D eigenvalue weighted by atomic mass is 9.85. The molecule has 3 rings (SSSR count). The highest BCUT2D eigenvalue weighted by molar-refractivity contribution is 5.85. The van der Waals surface area contributed by atoms with Gasteiger partial charge in [-0.15, -0.1) is 12.4 Å². The first kappa shape index (κ1) is 12.2. The number of anilines is 1. The maximum atomic E-state index is 11.1. The van der Waals surface area contributed by atoms with Crippen molar-refractivity contribution in [3.63, 3.8) is 0 Å². The number of carbonyl (C=O) groups is 1. The van der Waals surface area contributed by atoms with Gasteiger partial charge in [0.05, 0.1) is 6.04 Å². The van der Waals surface area contributed by atoms with Gasteiger partial charge >= 0.3 is 5.97 Å². The first-order valence-corrected chi connectivity index (χ1v) is 5.59. The van der Waals surface area contributed by atoms with Gasteiger partial charge in [0.2, 0.25) is 0 Å². The smallest absolute Gasteiger partial charge is 0.322 e. The lowest BCUT2D eigenvalue weighted by molar-refractivity contribution is -0.140. The maximum Gasteiger partial charge on any atom is 0.322 e. The Hall–Kier alpha value is -1.26. The van der Waals surface area contributed by atoms with Crippen molar-refractivity contribution in [1.29, 1.82) is 0 Å². The number of nitrogens with one attached hydrogen (secondary N) is 2. The van der Waals surface area contributed by atoms with Gasteiger partial charge in [0.1, 0.15) is 6.04 Å². The van der Waals surface area contributed by atoms with Crippen LogP contribution in [0.2, 0.25) is 0 Å². The first-order chi connectivity index (χ1) is 7.77. The number of para-hydroxylation sites is 1. The number of halogens is 1. The van der Waals surface area contributed by atoms with Gasteiger partial charge in [0, 0.05) is 11.6 Å². The third-order valence-electron chi connectivity index (χ3n) is 3.56. The van der Waals surface area contributed by atoms with Crippen molar-refractivity contribution in [1.82, 2.24) is 5.32 Å². The van der Waals surface area contributed by atoms with Crippen molar-refractivity contribution in [2.24, 2.45) is 0 Å². The Kier molecular flexibility index (Phi) is 3.26. The summed E-state index contributed by atoms with van der Waals surface area (Å²) in [5.41, 5.74) is 2.35. The van der Waals surface area contributed by atoms with E-state index in [9.17, 15) is 4.79 Å². The van der Waals surface area contributed by atoms with Crippen LogP contribution in [0, 0.1) is 0 Å². The van der Waals surface area contributed by atoms with E-state index < -0.39 is 12.0 Å². The molecule has 2 aliphatic rings. The summed E-state index contributed by atoms with van der Waals surface area (Å²) in [6, 6.07) is 7.62. The van der Waals surface area contributed by atoms with Crippen LogP contribution in [0.5, 0.6) is 0 Å². The molecule has 3 N–H and O–H groups in total. The molecule has 3 unspecified atom stereocenters. The minimum atomic E-state index is -0.769. The zero-order chi connectivity index (χ0) is 11.1. The predicted octanol–water partition coefficient (Wildman–Crippen LogP) is 1.43. The van der Waals surface area contributed by atoms with Crippen LogP contribution in [0.4, 0.5) is 5.69 Å². The van der Waals surface area contributed by atoms with Crippen LogP contribution in [0.15, 0.2) is 24.3 Å². The van der Waals surface area contributed by atoms with Gasteiger partial charge in [-0.25, -0.2) is 0 Å². The average Bonchev–Trinajstić information content (AvgIpc) is 2.67. The molecule has 4 nitrogen and oxygen atoms in total. The van der Waals surface area contributed by atoms with E-state index >= 15 is 0 Å². The van der Waals surface area contributed by atoms with Crippen molar-refractivity contribution in [3.05, 3.63) is 29.8 Å². The molecular formula is C12H15ClN2O2. The summed E-state index contributed by atoms with van der Waals surface area (Å²) < 4.78 is 0. The van der Waals surface area contributed by atoms with E-state index in [2.05, 4.69) is 16.7 Å². The second-order valence-electron chi connectivity index (χ2n) is 4.42. The van der Waals surface area contributed by atoms with E-state index in [-0.39, 0.29) is 18.4 Å². The highest BCUT2D eigenvalue weighted by Crippen LogP contribution is 2.40. The summed E-state index contributed by atoms with van der Waals surface area (Å²) in [5.74, 6) is -0.437. The van der Waals surface area contributed by atoms with Crippen molar-refractivity contribution in [2.45, 2.75) is 24.4 Å². The molecule has 1 aromatic rings. The predicted molar refractivity (Wildman–Crippen MR) is 67.9 cm³/mol. The number of hydrogen-bond acceptors (Lipinski definition) is 3. The summed E-state index contributed by atoms with van der Waals surface area (Å²) in [6.07, 6.45) is 0.998. The molecule has 1 saturated heterocycles. The van der Waals surface area contributed by atoms with Crippen molar-refractivity contribution in [3.8, 4) is 0 Å². The molecule has 2 aliphatic heterocycles. The zero-order valence-electron chi connectivity index (χ0n) is 9.22. The molecule has 5 heteroatoms. The molecule has 1 aromatic carbocycles. The number of carboxylic acids is 1. The van der Waals surface area contributed by atoms with Crippen molar-refractivity contribution >= 4 is 24.1 Å². The molecular weight excluding hydrogens is 240 g/mol. The minimum absolute atomic E-state index is 0. The Morgan fingerprint density at radius 1 is 1.35 bits per heavy atom. The standard InChI is InChI=1S/C12H14N2O2.ClH/c15-12(16)11-10-8(5-6-13-11)7-3-1-2-4-9(7)14-10;/h1-4,8,10-11,13-14H,5-6H2,(H,15,16);1H. The molecule has 17 heavy (non-hydrogen) atoms. The van der Waals surface area contributed by atoms with Crippen LogP contribution in [0.3, 0.4) is 0 Å². The average molecular weight is 255 g/mol. The fourth-order valence-corrected chi connectivity index (χ4v) is 2.84. The first-order valence-electron chi connectivity index (χ1n) is 5.59. The Morgan fingerprint density at radius 2 is 2.12 bits per heavy atom. The summed E-state index contributed by atoms with van der Waals surface area (Å²) in [7, 11) is 0. The molecule has 0 saturated carbocycles. The Morgan fingerprint density at radius 3 is 2.88 bits per heavy atom. The molecule has 92 valence electrons. The molecule has 2 heterocycles. The normalized spacial score (nSPS) is 29.5. The van der Waals surface area contributed by atoms with Gasteiger partial charge in [-0.3, -0.25) is 4.79 Å². The summed E-state index contributed by atoms with van der Waals surface area (Å²) in [6.45, 7) is 0.772. The summed E-state index contributed by atoms with van der Waals surface area (Å²) >= 11 is 0. The van der Waals surface area contributed by atoms with Gasteiger partial charge < -0.3 is 15.7 Å². The number of rotatable bonds is 1. The third kappa shape index (κ3) is 1.87. The van der Waals surface area contributed by atoms with Crippen molar-refractivity contribution in [2.75, 3.05) is 11.9 Å². The van der Waals surface area contributed by atoms with Gasteiger partial charge in [-0.05, 0) is 24.6 Å². The van der Waals surface area contributed by atoms with Crippen LogP contribution in [0.1, 0.15) is 17.9 Å². The van der Waals surface area contributed by atoms with E-state index in [1.807, 2.05) is 18.2 Å². The molecule has 3 atom stereocenters. The van der Waals surface area contributed by atoms with Gasteiger partial charge in [-0.2, -0.15) is 0 Å². The van der Waals surface area contributed by atoms with Crippen molar-refractivity contribution < 1.29 is 9.90 Å².